The molecule has 1 rings (SSSR count). The van der Waals surface area contributed by atoms with Gasteiger partial charge in [0, 0.05) is 19.1 Å². The minimum absolute atomic E-state index is 0.126. The molecule has 0 aliphatic rings. The minimum Gasteiger partial charge on any atom is -0.477 e. The number of nitrogens with zero attached hydrogens (tertiary/aromatic N) is 1. The van der Waals surface area contributed by atoms with Gasteiger partial charge in [-0.25, -0.2) is 4.79 Å². The highest BCUT2D eigenvalue weighted by molar-refractivity contribution is 6.35. The molecule has 1 aromatic carbocycles. The zero-order valence-electron chi connectivity index (χ0n) is 13.5. The Morgan fingerprint density at radius 1 is 1.29 bits per heavy atom. The fourth-order valence-corrected chi connectivity index (χ4v) is 2.01. The van der Waals surface area contributed by atoms with Crippen molar-refractivity contribution in [2.24, 2.45) is 0 Å². The van der Waals surface area contributed by atoms with Crippen LogP contribution in [-0.2, 0) is 19.1 Å². The molecule has 7 nitrogen and oxygen atoms in total. The Balaban J connectivity index is 2.49. The topological polar surface area (TPSA) is 84.9 Å². The van der Waals surface area contributed by atoms with E-state index in [9.17, 15) is 14.4 Å². The van der Waals surface area contributed by atoms with Gasteiger partial charge in [0.25, 0.3) is 5.91 Å². The average molecular weight is 377 g/mol. The number of esters is 1. The van der Waals surface area contributed by atoms with Gasteiger partial charge in [-0.15, -0.1) is 0 Å². The van der Waals surface area contributed by atoms with E-state index in [2.05, 4.69) is 5.32 Å². The summed E-state index contributed by atoms with van der Waals surface area (Å²) in [5, 5.41) is 3.08. The molecule has 1 aromatic rings. The Morgan fingerprint density at radius 2 is 1.96 bits per heavy atom. The summed E-state index contributed by atoms with van der Waals surface area (Å²) in [5.41, 5.74) is 0. The normalized spacial score (nSPS) is 11.4. The standard InChI is InChI=1S/C15H18Cl2N2O5/c1-9(24-12-5-4-10(16)6-11(12)17)15(22)23-8-14(21)19(3)7-13(20)18-2/h4-6,9H,7-8H2,1-3H3,(H,18,20)/t9-/m1/s1. The molecule has 0 spiro atoms. The highest BCUT2D eigenvalue weighted by atomic mass is 35.5. The third kappa shape index (κ3) is 6.25. The summed E-state index contributed by atoms with van der Waals surface area (Å²) in [6.45, 7) is 0.847. The lowest BCUT2D eigenvalue weighted by molar-refractivity contribution is -0.157. The SMILES string of the molecule is CNC(=O)CN(C)C(=O)COC(=O)[C@@H](C)Oc1ccc(Cl)cc1Cl. The molecule has 0 bridgehead atoms. The minimum atomic E-state index is -0.972. The predicted octanol–water partition coefficient (Wildman–Crippen LogP) is 1.51. The molecule has 0 saturated heterocycles. The molecule has 132 valence electrons. The second kappa shape index (κ2) is 9.34. The van der Waals surface area contributed by atoms with E-state index in [1.54, 1.807) is 6.07 Å². The molecule has 1 N–H and O–H groups in total. The van der Waals surface area contributed by atoms with Crippen LogP contribution < -0.4 is 10.1 Å². The molecule has 0 heterocycles. The van der Waals surface area contributed by atoms with Crippen molar-refractivity contribution in [3.8, 4) is 5.75 Å². The molecular formula is C15H18Cl2N2O5. The molecule has 0 radical (unpaired) electrons. The molecule has 9 heteroatoms. The summed E-state index contributed by atoms with van der Waals surface area (Å²) in [5.74, 6) is -1.30. The molecule has 0 aromatic heterocycles. The molecule has 1 atom stereocenters. The number of carbonyl (C=O) groups is 3. The number of rotatable bonds is 7. The lowest BCUT2D eigenvalue weighted by atomic mass is 10.3. The van der Waals surface area contributed by atoms with Crippen LogP contribution in [0.15, 0.2) is 18.2 Å². The predicted molar refractivity (Wildman–Crippen MR) is 89.2 cm³/mol. The Labute approximate surface area is 149 Å². The van der Waals surface area contributed by atoms with Crippen LogP contribution in [0.3, 0.4) is 0 Å². The van der Waals surface area contributed by atoms with Crippen LogP contribution in [0.4, 0.5) is 0 Å². The summed E-state index contributed by atoms with van der Waals surface area (Å²) in [6.07, 6.45) is -0.972. The van der Waals surface area contributed by atoms with Crippen molar-refractivity contribution in [2.45, 2.75) is 13.0 Å². The number of halogens is 2. The second-order valence-electron chi connectivity index (χ2n) is 4.87. The van der Waals surface area contributed by atoms with E-state index in [-0.39, 0.29) is 23.2 Å². The lowest BCUT2D eigenvalue weighted by Crippen LogP contribution is -2.39. The Hall–Kier alpha value is -1.99. The number of benzene rings is 1. The van der Waals surface area contributed by atoms with Gasteiger partial charge >= 0.3 is 5.97 Å². The maximum atomic E-state index is 11.9. The highest BCUT2D eigenvalue weighted by Crippen LogP contribution is 2.28. The lowest BCUT2D eigenvalue weighted by Gasteiger charge is -2.18. The van der Waals surface area contributed by atoms with Gasteiger partial charge < -0.3 is 19.7 Å². The van der Waals surface area contributed by atoms with E-state index >= 15 is 0 Å². The van der Waals surface area contributed by atoms with Gasteiger partial charge in [-0.2, -0.15) is 0 Å². The molecule has 2 amide bonds. The van der Waals surface area contributed by atoms with Crippen LogP contribution in [0.25, 0.3) is 0 Å². The number of ether oxygens (including phenoxy) is 2. The summed E-state index contributed by atoms with van der Waals surface area (Å²) >= 11 is 11.7. The maximum absolute atomic E-state index is 11.9. The molecule has 0 unspecified atom stereocenters. The van der Waals surface area contributed by atoms with E-state index in [1.165, 1.54) is 33.2 Å². The summed E-state index contributed by atoms with van der Waals surface area (Å²) in [6, 6.07) is 4.57. The van der Waals surface area contributed by atoms with Crippen molar-refractivity contribution >= 4 is 41.0 Å². The highest BCUT2D eigenvalue weighted by Gasteiger charge is 2.20. The zero-order chi connectivity index (χ0) is 18.3. The molecule has 0 aliphatic carbocycles. The van der Waals surface area contributed by atoms with Crippen LogP contribution in [0.2, 0.25) is 10.0 Å². The molecule has 0 fully saturated rings. The Kier molecular flexibility index (Phi) is 7.81. The average Bonchev–Trinajstić information content (AvgIpc) is 2.54. The molecule has 0 saturated carbocycles. The number of amides is 2. The van der Waals surface area contributed by atoms with Crippen molar-refractivity contribution in [2.75, 3.05) is 27.2 Å². The number of hydrogen-bond acceptors (Lipinski definition) is 5. The summed E-state index contributed by atoms with van der Waals surface area (Å²) < 4.78 is 10.3. The Morgan fingerprint density at radius 3 is 2.54 bits per heavy atom. The second-order valence-corrected chi connectivity index (χ2v) is 5.71. The smallest absolute Gasteiger partial charge is 0.347 e. The third-order valence-electron chi connectivity index (χ3n) is 2.95. The number of carbonyl (C=O) groups excluding carboxylic acids is 3. The van der Waals surface area contributed by atoms with Gasteiger partial charge in [0.1, 0.15) is 5.75 Å². The van der Waals surface area contributed by atoms with Crippen molar-refractivity contribution in [1.29, 1.82) is 0 Å². The van der Waals surface area contributed by atoms with Gasteiger partial charge in [-0.1, -0.05) is 23.2 Å². The van der Waals surface area contributed by atoms with Gasteiger partial charge in [-0.3, -0.25) is 9.59 Å². The summed E-state index contributed by atoms with van der Waals surface area (Å²) in [4.78, 5) is 36.0. The van der Waals surface area contributed by atoms with Crippen molar-refractivity contribution in [1.82, 2.24) is 10.2 Å². The first kappa shape index (κ1) is 20.1. The van der Waals surface area contributed by atoms with Gasteiger partial charge in [-0.05, 0) is 25.1 Å². The van der Waals surface area contributed by atoms with Crippen LogP contribution >= 0.6 is 23.2 Å². The number of hydrogen-bond donors (Lipinski definition) is 1. The van der Waals surface area contributed by atoms with E-state index in [4.69, 9.17) is 32.7 Å². The first-order valence-corrected chi connectivity index (χ1v) is 7.73. The first-order chi connectivity index (χ1) is 11.2. The van der Waals surface area contributed by atoms with Crippen molar-refractivity contribution in [3.63, 3.8) is 0 Å². The number of likely N-dealkylation sites (N-methyl/N-ethyl adjacent to an activating group) is 2. The first-order valence-electron chi connectivity index (χ1n) is 6.97. The van der Waals surface area contributed by atoms with Crippen molar-refractivity contribution < 1.29 is 23.9 Å². The summed E-state index contributed by atoms with van der Waals surface area (Å²) in [7, 11) is 2.89. The van der Waals surface area contributed by atoms with Gasteiger partial charge in [0.15, 0.2) is 12.7 Å². The number of nitrogens with one attached hydrogen (secondary N) is 1. The van der Waals surface area contributed by atoms with E-state index in [0.717, 1.165) is 4.90 Å². The van der Waals surface area contributed by atoms with Crippen LogP contribution in [0.1, 0.15) is 6.92 Å². The van der Waals surface area contributed by atoms with Gasteiger partial charge in [0.05, 0.1) is 11.6 Å². The van der Waals surface area contributed by atoms with E-state index in [0.29, 0.717) is 5.02 Å². The Bertz CT molecular complexity index is 624. The quantitative estimate of drug-likeness (QED) is 0.729. The maximum Gasteiger partial charge on any atom is 0.347 e. The molecular weight excluding hydrogens is 359 g/mol. The third-order valence-corrected chi connectivity index (χ3v) is 3.48. The van der Waals surface area contributed by atoms with Crippen LogP contribution in [-0.4, -0.2) is 56.0 Å². The van der Waals surface area contributed by atoms with Crippen LogP contribution in [0.5, 0.6) is 5.75 Å². The van der Waals surface area contributed by atoms with E-state index < -0.39 is 24.6 Å². The molecule has 24 heavy (non-hydrogen) atoms. The van der Waals surface area contributed by atoms with Crippen LogP contribution in [0, 0.1) is 0 Å². The fraction of sp³-hybridized carbons (Fsp3) is 0.400. The fourth-order valence-electron chi connectivity index (χ4n) is 1.55. The monoisotopic (exact) mass is 376 g/mol. The van der Waals surface area contributed by atoms with Gasteiger partial charge in [0.2, 0.25) is 5.91 Å². The molecule has 0 aliphatic heterocycles. The van der Waals surface area contributed by atoms with E-state index in [1.807, 2.05) is 0 Å². The zero-order valence-corrected chi connectivity index (χ0v) is 15.0. The largest absolute Gasteiger partial charge is 0.477 e. The van der Waals surface area contributed by atoms with Crippen molar-refractivity contribution in [3.05, 3.63) is 28.2 Å².